The van der Waals surface area contributed by atoms with Crippen LogP contribution in [0.5, 0.6) is 0 Å². The normalized spacial score (nSPS) is 22.7. The van der Waals surface area contributed by atoms with Crippen LogP contribution < -0.4 is 0 Å². The van der Waals surface area contributed by atoms with Crippen molar-refractivity contribution in [2.75, 3.05) is 19.3 Å². The number of hydrogen-bond acceptors (Lipinski definition) is 3. The number of thioether (sulfide) groups is 1. The van der Waals surface area contributed by atoms with Gasteiger partial charge in [0.05, 0.1) is 6.04 Å². The summed E-state index contributed by atoms with van der Waals surface area (Å²) in [4.78, 5) is 14.8. The molecule has 0 saturated carbocycles. The number of likely N-dealkylation sites (tertiary alicyclic amines) is 1. The summed E-state index contributed by atoms with van der Waals surface area (Å²) in [7, 11) is 0. The first kappa shape index (κ1) is 14.6. The molecule has 1 aromatic rings. The van der Waals surface area contributed by atoms with E-state index in [4.69, 9.17) is 0 Å². The summed E-state index contributed by atoms with van der Waals surface area (Å²) >= 11 is 1.97. The predicted molar refractivity (Wildman–Crippen MR) is 83.0 cm³/mol. The molecule has 0 radical (unpaired) electrons. The van der Waals surface area contributed by atoms with Gasteiger partial charge in [0.2, 0.25) is 0 Å². The van der Waals surface area contributed by atoms with Crippen LogP contribution in [-0.4, -0.2) is 41.3 Å². The lowest BCUT2D eigenvalue weighted by atomic mass is 10.0. The maximum atomic E-state index is 12.5. The summed E-state index contributed by atoms with van der Waals surface area (Å²) in [6.07, 6.45) is 5.88. The second kappa shape index (κ2) is 7.11. The minimum absolute atomic E-state index is 0.00278. The van der Waals surface area contributed by atoms with Crippen LogP contribution in [0, 0.1) is 0 Å². The fraction of sp³-hybridized carbons (Fsp3) is 0.562. The third kappa shape index (κ3) is 3.83. The largest absolute Gasteiger partial charge is 0.293 e. The highest BCUT2D eigenvalue weighted by molar-refractivity contribution is 7.99. The molecular formula is C16H23NOS. The van der Waals surface area contributed by atoms with Gasteiger partial charge in [0, 0.05) is 10.8 Å². The molecule has 1 aliphatic heterocycles. The van der Waals surface area contributed by atoms with Gasteiger partial charge in [0.1, 0.15) is 0 Å². The Hall–Kier alpha value is -0.800. The molecule has 2 atom stereocenters. The van der Waals surface area contributed by atoms with Gasteiger partial charge < -0.3 is 0 Å². The van der Waals surface area contributed by atoms with Gasteiger partial charge in [-0.2, -0.15) is 11.8 Å². The van der Waals surface area contributed by atoms with Crippen molar-refractivity contribution in [1.29, 1.82) is 0 Å². The number of nitrogens with zero attached hydrogens (tertiary/aromatic N) is 1. The minimum Gasteiger partial charge on any atom is -0.293 e. The number of Topliss-reactive ketones (excluding diaryl/α,β-unsaturated/α-hetero) is 1. The average Bonchev–Trinajstić information content (AvgIpc) is 2.72. The third-order valence-corrected chi connectivity index (χ3v) is 5.17. The fourth-order valence-electron chi connectivity index (χ4n) is 2.72. The quantitative estimate of drug-likeness (QED) is 0.786. The van der Waals surface area contributed by atoms with Crippen molar-refractivity contribution in [3.63, 3.8) is 0 Å². The van der Waals surface area contributed by atoms with Gasteiger partial charge in [-0.3, -0.25) is 9.69 Å². The van der Waals surface area contributed by atoms with E-state index in [0.29, 0.717) is 0 Å². The van der Waals surface area contributed by atoms with Crippen molar-refractivity contribution >= 4 is 17.5 Å². The standard InChI is InChI=1S/C16H23NOS/c1-13(16(18)14-7-4-3-5-8-14)17-11-6-9-15(19-2)10-12-17/h3-5,7-8,13,15H,6,9-12H2,1-2H3. The maximum absolute atomic E-state index is 12.5. The van der Waals surface area contributed by atoms with Crippen LogP contribution in [0.25, 0.3) is 0 Å². The molecule has 0 spiro atoms. The Kier molecular flexibility index (Phi) is 5.46. The van der Waals surface area contributed by atoms with Crippen LogP contribution in [0.15, 0.2) is 30.3 Å². The van der Waals surface area contributed by atoms with Gasteiger partial charge in [-0.05, 0) is 45.5 Å². The Morgan fingerprint density at radius 1 is 1.26 bits per heavy atom. The van der Waals surface area contributed by atoms with Gasteiger partial charge in [0.25, 0.3) is 0 Å². The Morgan fingerprint density at radius 3 is 2.68 bits per heavy atom. The van der Waals surface area contributed by atoms with E-state index < -0.39 is 0 Å². The topological polar surface area (TPSA) is 20.3 Å². The van der Waals surface area contributed by atoms with Crippen LogP contribution >= 0.6 is 11.8 Å². The SMILES string of the molecule is CSC1CCCN(C(C)C(=O)c2ccccc2)CC1. The van der Waals surface area contributed by atoms with Crippen LogP contribution in [-0.2, 0) is 0 Å². The number of rotatable bonds is 4. The summed E-state index contributed by atoms with van der Waals surface area (Å²) in [5.74, 6) is 0.253. The molecule has 104 valence electrons. The molecule has 0 bridgehead atoms. The summed E-state index contributed by atoms with van der Waals surface area (Å²) < 4.78 is 0. The highest BCUT2D eigenvalue weighted by Crippen LogP contribution is 2.23. The molecule has 1 saturated heterocycles. The first-order valence-electron chi connectivity index (χ1n) is 7.08. The maximum Gasteiger partial charge on any atom is 0.179 e. The van der Waals surface area contributed by atoms with Crippen molar-refractivity contribution in [2.24, 2.45) is 0 Å². The van der Waals surface area contributed by atoms with E-state index in [1.165, 1.54) is 19.3 Å². The lowest BCUT2D eigenvalue weighted by Crippen LogP contribution is -2.39. The molecule has 3 heteroatoms. The number of ketones is 1. The summed E-state index contributed by atoms with van der Waals surface area (Å²) in [6.45, 7) is 4.15. The second-order valence-electron chi connectivity index (χ2n) is 5.23. The molecule has 2 rings (SSSR count). The second-order valence-corrected chi connectivity index (χ2v) is 6.37. The van der Waals surface area contributed by atoms with Gasteiger partial charge in [-0.15, -0.1) is 0 Å². The zero-order valence-electron chi connectivity index (χ0n) is 11.8. The molecule has 1 fully saturated rings. The van der Waals surface area contributed by atoms with Crippen molar-refractivity contribution < 1.29 is 4.79 Å². The Morgan fingerprint density at radius 2 is 2.00 bits per heavy atom. The Bertz CT molecular complexity index is 406. The molecule has 1 aromatic carbocycles. The zero-order valence-corrected chi connectivity index (χ0v) is 12.7. The van der Waals surface area contributed by atoms with Gasteiger partial charge in [-0.1, -0.05) is 30.3 Å². The minimum atomic E-state index is 0.00278. The smallest absolute Gasteiger partial charge is 0.179 e. The van der Waals surface area contributed by atoms with Crippen molar-refractivity contribution in [1.82, 2.24) is 4.90 Å². The van der Waals surface area contributed by atoms with Crippen molar-refractivity contribution in [3.05, 3.63) is 35.9 Å². The van der Waals surface area contributed by atoms with Crippen LogP contribution in [0.2, 0.25) is 0 Å². The molecule has 1 aliphatic rings. The summed E-state index contributed by atoms with van der Waals surface area (Å²) in [5.41, 5.74) is 0.834. The predicted octanol–water partition coefficient (Wildman–Crippen LogP) is 3.48. The summed E-state index contributed by atoms with van der Waals surface area (Å²) in [5, 5.41) is 0.768. The molecule has 0 aliphatic carbocycles. The first-order valence-corrected chi connectivity index (χ1v) is 8.37. The molecule has 1 heterocycles. The highest BCUT2D eigenvalue weighted by Gasteiger charge is 2.25. The number of carbonyl (C=O) groups excluding carboxylic acids is 1. The Balaban J connectivity index is 1.99. The van der Waals surface area contributed by atoms with Crippen LogP contribution in [0.4, 0.5) is 0 Å². The van der Waals surface area contributed by atoms with Crippen molar-refractivity contribution in [2.45, 2.75) is 37.5 Å². The molecule has 19 heavy (non-hydrogen) atoms. The van der Waals surface area contributed by atoms with Gasteiger partial charge in [-0.25, -0.2) is 0 Å². The number of carbonyl (C=O) groups is 1. The van der Waals surface area contributed by atoms with Crippen molar-refractivity contribution in [3.8, 4) is 0 Å². The molecule has 2 unspecified atom stereocenters. The third-order valence-electron chi connectivity index (χ3n) is 4.03. The van der Waals surface area contributed by atoms with E-state index in [1.807, 2.05) is 42.1 Å². The van der Waals surface area contributed by atoms with E-state index >= 15 is 0 Å². The number of benzene rings is 1. The molecule has 0 aromatic heterocycles. The van der Waals surface area contributed by atoms with Crippen LogP contribution in [0.1, 0.15) is 36.5 Å². The molecule has 0 amide bonds. The van der Waals surface area contributed by atoms with E-state index in [-0.39, 0.29) is 11.8 Å². The first-order chi connectivity index (χ1) is 9.22. The number of hydrogen-bond donors (Lipinski definition) is 0. The van der Waals surface area contributed by atoms with Gasteiger partial charge >= 0.3 is 0 Å². The zero-order chi connectivity index (χ0) is 13.7. The molecule has 0 N–H and O–H groups in total. The van der Waals surface area contributed by atoms with E-state index in [2.05, 4.69) is 18.1 Å². The average molecular weight is 277 g/mol. The Labute approximate surface area is 120 Å². The van der Waals surface area contributed by atoms with E-state index in [0.717, 1.165) is 23.9 Å². The van der Waals surface area contributed by atoms with Crippen LogP contribution in [0.3, 0.4) is 0 Å². The fourth-order valence-corrected chi connectivity index (χ4v) is 3.46. The highest BCUT2D eigenvalue weighted by atomic mass is 32.2. The molecular weight excluding hydrogens is 254 g/mol. The summed E-state index contributed by atoms with van der Waals surface area (Å²) in [6, 6.07) is 9.67. The van der Waals surface area contributed by atoms with Gasteiger partial charge in [0.15, 0.2) is 5.78 Å². The monoisotopic (exact) mass is 277 g/mol. The lowest BCUT2D eigenvalue weighted by molar-refractivity contribution is 0.0843. The van der Waals surface area contributed by atoms with E-state index in [1.54, 1.807) is 0 Å². The molecule has 2 nitrogen and oxygen atoms in total. The van der Waals surface area contributed by atoms with E-state index in [9.17, 15) is 4.79 Å². The lowest BCUT2D eigenvalue weighted by Gasteiger charge is -2.26.